The van der Waals surface area contributed by atoms with Gasteiger partial charge in [0.2, 0.25) is 5.91 Å². The molecule has 0 unspecified atom stereocenters. The van der Waals surface area contributed by atoms with E-state index in [1.165, 1.54) is 17.5 Å². The van der Waals surface area contributed by atoms with Crippen molar-refractivity contribution >= 4 is 24.0 Å². The molecule has 2 rings (SSSR count). The number of piperidine rings is 1. The third-order valence-electron chi connectivity index (χ3n) is 3.62. The molecule has 1 aliphatic heterocycles. The Bertz CT molecular complexity index is 428. The number of carbonyl (C=O) groups excluding carboxylic acids is 1. The molecule has 0 radical (unpaired) electrons. The molecule has 106 valence electrons. The zero-order chi connectivity index (χ0) is 13.0. The van der Waals surface area contributed by atoms with Crippen LogP contribution in [0.1, 0.15) is 37.3 Å². The number of nitrogens with one attached hydrogen (secondary N) is 2. The highest BCUT2D eigenvalue weighted by Crippen LogP contribution is 2.17. The first-order valence-electron chi connectivity index (χ1n) is 6.84. The summed E-state index contributed by atoms with van der Waals surface area (Å²) in [7, 11) is 0. The number of carbonyl (C=O) groups is 1. The van der Waals surface area contributed by atoms with Crippen LogP contribution < -0.4 is 10.6 Å². The van der Waals surface area contributed by atoms with E-state index in [4.69, 9.17) is 0 Å². The van der Waals surface area contributed by atoms with Crippen molar-refractivity contribution in [3.05, 3.63) is 29.3 Å². The highest BCUT2D eigenvalue weighted by Gasteiger charge is 2.20. The van der Waals surface area contributed by atoms with Crippen molar-refractivity contribution in [1.29, 1.82) is 0 Å². The lowest BCUT2D eigenvalue weighted by molar-refractivity contribution is -0.118. The van der Waals surface area contributed by atoms with E-state index in [1.54, 1.807) is 0 Å². The third-order valence-corrected chi connectivity index (χ3v) is 3.62. The number of hydrogen-bond donors (Lipinski definition) is 2. The lowest BCUT2D eigenvalue weighted by Gasteiger charge is -2.22. The summed E-state index contributed by atoms with van der Waals surface area (Å²) in [6, 6.07) is 6.11. The van der Waals surface area contributed by atoms with Gasteiger partial charge in [0.05, 0.1) is 6.04 Å². The number of anilines is 1. The van der Waals surface area contributed by atoms with Gasteiger partial charge in [-0.25, -0.2) is 0 Å². The minimum atomic E-state index is -0.0230. The zero-order valence-electron chi connectivity index (χ0n) is 11.7. The minimum absolute atomic E-state index is 0. The molecule has 0 aliphatic carbocycles. The summed E-state index contributed by atoms with van der Waals surface area (Å²) in [4.78, 5) is 12.1. The van der Waals surface area contributed by atoms with Gasteiger partial charge in [0.15, 0.2) is 0 Å². The molecule has 1 aromatic carbocycles. The van der Waals surface area contributed by atoms with Crippen LogP contribution in [0.25, 0.3) is 0 Å². The van der Waals surface area contributed by atoms with Crippen molar-refractivity contribution in [2.45, 2.75) is 45.6 Å². The number of benzene rings is 1. The highest BCUT2D eigenvalue weighted by molar-refractivity contribution is 5.95. The second-order valence-electron chi connectivity index (χ2n) is 4.99. The van der Waals surface area contributed by atoms with Crippen LogP contribution in [0.4, 0.5) is 5.69 Å². The number of amides is 1. The van der Waals surface area contributed by atoms with Gasteiger partial charge in [-0.05, 0) is 56.0 Å². The van der Waals surface area contributed by atoms with Crippen molar-refractivity contribution in [3.63, 3.8) is 0 Å². The molecule has 4 heteroatoms. The standard InChI is InChI=1S/C15H22N2O.ClH/c1-3-12-10-13(8-7-11(12)2)17-15(18)14-6-4-5-9-16-14;/h7-8,10,14,16H,3-6,9H2,1-2H3,(H,17,18);1H/t14-;/m1./s1. The number of halogens is 1. The minimum Gasteiger partial charge on any atom is -0.325 e. The van der Waals surface area contributed by atoms with Crippen LogP contribution in [0.2, 0.25) is 0 Å². The number of hydrogen-bond acceptors (Lipinski definition) is 2. The molecule has 0 aromatic heterocycles. The largest absolute Gasteiger partial charge is 0.325 e. The van der Waals surface area contributed by atoms with E-state index in [9.17, 15) is 4.79 Å². The summed E-state index contributed by atoms with van der Waals surface area (Å²) in [5.41, 5.74) is 3.49. The lowest BCUT2D eigenvalue weighted by Crippen LogP contribution is -2.43. The van der Waals surface area contributed by atoms with E-state index in [-0.39, 0.29) is 24.4 Å². The molecular weight excluding hydrogens is 260 g/mol. The first-order chi connectivity index (χ1) is 8.70. The topological polar surface area (TPSA) is 41.1 Å². The summed E-state index contributed by atoms with van der Waals surface area (Å²) in [5.74, 6) is 0.0978. The van der Waals surface area contributed by atoms with Crippen LogP contribution >= 0.6 is 12.4 Å². The molecule has 1 heterocycles. The zero-order valence-corrected chi connectivity index (χ0v) is 12.5. The van der Waals surface area contributed by atoms with Gasteiger partial charge in [0.1, 0.15) is 0 Å². The van der Waals surface area contributed by atoms with Crippen LogP contribution in [0.15, 0.2) is 18.2 Å². The Morgan fingerprint density at radius 1 is 1.42 bits per heavy atom. The molecular formula is C15H23ClN2O. The van der Waals surface area contributed by atoms with Crippen LogP contribution in [0.3, 0.4) is 0 Å². The number of aryl methyl sites for hydroxylation is 2. The Hall–Kier alpha value is -1.06. The normalized spacial score (nSPS) is 18.5. The fourth-order valence-electron chi connectivity index (χ4n) is 2.44. The summed E-state index contributed by atoms with van der Waals surface area (Å²) in [6.45, 7) is 5.19. The smallest absolute Gasteiger partial charge is 0.241 e. The van der Waals surface area contributed by atoms with Gasteiger partial charge in [0.25, 0.3) is 0 Å². The summed E-state index contributed by atoms with van der Waals surface area (Å²) < 4.78 is 0. The van der Waals surface area contributed by atoms with Gasteiger partial charge in [-0.2, -0.15) is 0 Å². The predicted molar refractivity (Wildman–Crippen MR) is 82.1 cm³/mol. The Labute approximate surface area is 121 Å². The molecule has 0 spiro atoms. The molecule has 1 saturated heterocycles. The van der Waals surface area contributed by atoms with Crippen molar-refractivity contribution < 1.29 is 4.79 Å². The Morgan fingerprint density at radius 3 is 2.84 bits per heavy atom. The monoisotopic (exact) mass is 282 g/mol. The van der Waals surface area contributed by atoms with Gasteiger partial charge in [-0.3, -0.25) is 4.79 Å². The van der Waals surface area contributed by atoms with Crippen LogP contribution in [-0.4, -0.2) is 18.5 Å². The van der Waals surface area contributed by atoms with Crippen LogP contribution in [0, 0.1) is 6.92 Å². The summed E-state index contributed by atoms with van der Waals surface area (Å²) in [5, 5.41) is 6.28. The number of rotatable bonds is 3. The van der Waals surface area contributed by atoms with E-state index < -0.39 is 0 Å². The van der Waals surface area contributed by atoms with Crippen LogP contribution in [0.5, 0.6) is 0 Å². The SMILES string of the molecule is CCc1cc(NC(=O)[C@H]2CCCCN2)ccc1C.Cl. The second-order valence-corrected chi connectivity index (χ2v) is 4.99. The van der Waals surface area contributed by atoms with Crippen molar-refractivity contribution in [2.75, 3.05) is 11.9 Å². The maximum absolute atomic E-state index is 12.1. The van der Waals surface area contributed by atoms with Gasteiger partial charge in [-0.15, -0.1) is 12.4 Å². The van der Waals surface area contributed by atoms with Crippen molar-refractivity contribution in [1.82, 2.24) is 5.32 Å². The van der Waals surface area contributed by atoms with Crippen molar-refractivity contribution in [3.8, 4) is 0 Å². The lowest BCUT2D eigenvalue weighted by atomic mass is 10.0. The van der Waals surface area contributed by atoms with E-state index in [2.05, 4.69) is 36.6 Å². The molecule has 2 N–H and O–H groups in total. The molecule has 3 nitrogen and oxygen atoms in total. The maximum atomic E-state index is 12.1. The van der Waals surface area contributed by atoms with Gasteiger partial charge >= 0.3 is 0 Å². The van der Waals surface area contributed by atoms with Crippen molar-refractivity contribution in [2.24, 2.45) is 0 Å². The fraction of sp³-hybridized carbons (Fsp3) is 0.533. The van der Waals surface area contributed by atoms with E-state index in [1.807, 2.05) is 6.07 Å². The first-order valence-corrected chi connectivity index (χ1v) is 6.84. The molecule has 1 aliphatic rings. The second kappa shape index (κ2) is 7.51. The Balaban J connectivity index is 0.00000180. The average Bonchev–Trinajstić information content (AvgIpc) is 2.42. The Kier molecular flexibility index (Phi) is 6.32. The van der Waals surface area contributed by atoms with Crippen LogP contribution in [-0.2, 0) is 11.2 Å². The molecule has 1 atom stereocenters. The molecule has 19 heavy (non-hydrogen) atoms. The van der Waals surface area contributed by atoms with Gasteiger partial charge < -0.3 is 10.6 Å². The third kappa shape index (κ3) is 4.22. The van der Waals surface area contributed by atoms with E-state index in [0.717, 1.165) is 31.5 Å². The van der Waals surface area contributed by atoms with E-state index in [0.29, 0.717) is 0 Å². The van der Waals surface area contributed by atoms with E-state index >= 15 is 0 Å². The van der Waals surface area contributed by atoms with Gasteiger partial charge in [-0.1, -0.05) is 19.4 Å². The Morgan fingerprint density at radius 2 is 2.21 bits per heavy atom. The quantitative estimate of drug-likeness (QED) is 0.895. The fourth-order valence-corrected chi connectivity index (χ4v) is 2.44. The van der Waals surface area contributed by atoms with Gasteiger partial charge in [0, 0.05) is 5.69 Å². The predicted octanol–water partition coefficient (Wildman–Crippen LogP) is 3.06. The molecule has 0 bridgehead atoms. The first kappa shape index (κ1) is 16.0. The molecule has 0 saturated carbocycles. The maximum Gasteiger partial charge on any atom is 0.241 e. The molecule has 1 fully saturated rings. The molecule has 1 aromatic rings. The average molecular weight is 283 g/mol. The summed E-state index contributed by atoms with van der Waals surface area (Å²) in [6.07, 6.45) is 4.25. The summed E-state index contributed by atoms with van der Waals surface area (Å²) >= 11 is 0. The highest BCUT2D eigenvalue weighted by atomic mass is 35.5. The molecule has 1 amide bonds.